The predicted octanol–water partition coefficient (Wildman–Crippen LogP) is 2.97. The van der Waals surface area contributed by atoms with E-state index >= 15 is 0 Å². The van der Waals surface area contributed by atoms with Crippen LogP contribution in [0.1, 0.15) is 17.3 Å². The van der Waals surface area contributed by atoms with Crippen molar-refractivity contribution in [1.82, 2.24) is 20.2 Å². The molecule has 1 heterocycles. The monoisotopic (exact) mass is 343 g/mol. The number of hydrogen-bond acceptors (Lipinski definition) is 5. The third kappa shape index (κ3) is 3.52. The van der Waals surface area contributed by atoms with Gasteiger partial charge in [0.1, 0.15) is 12.1 Å². The van der Waals surface area contributed by atoms with Gasteiger partial charge in [0.2, 0.25) is 0 Å². The van der Waals surface area contributed by atoms with E-state index in [2.05, 4.69) is 20.8 Å². The number of carbonyl (C=O) groups is 1. The van der Waals surface area contributed by atoms with Gasteiger partial charge in [0.05, 0.1) is 18.0 Å². The first-order valence-corrected chi connectivity index (χ1v) is 7.62. The lowest BCUT2D eigenvalue weighted by atomic mass is 10.2. The molecule has 7 nitrogen and oxygen atoms in total. The largest absolute Gasteiger partial charge is 0.492 e. The van der Waals surface area contributed by atoms with Gasteiger partial charge in [0, 0.05) is 10.6 Å². The van der Waals surface area contributed by atoms with Crippen molar-refractivity contribution in [3.63, 3.8) is 0 Å². The number of halogens is 1. The number of nitrogens with one attached hydrogen (secondary N) is 1. The average Bonchev–Trinajstić information content (AvgIpc) is 3.12. The fourth-order valence-electron chi connectivity index (χ4n) is 2.12. The normalized spacial score (nSPS) is 10.4. The molecule has 0 radical (unpaired) electrons. The van der Waals surface area contributed by atoms with Crippen LogP contribution in [-0.2, 0) is 0 Å². The van der Waals surface area contributed by atoms with Gasteiger partial charge in [-0.05, 0) is 59.8 Å². The van der Waals surface area contributed by atoms with E-state index in [4.69, 9.17) is 16.3 Å². The van der Waals surface area contributed by atoms with Gasteiger partial charge < -0.3 is 10.1 Å². The number of hydrogen-bond donors (Lipinski definition) is 1. The van der Waals surface area contributed by atoms with Crippen molar-refractivity contribution in [3.8, 4) is 11.4 Å². The van der Waals surface area contributed by atoms with Crippen LogP contribution in [0.25, 0.3) is 5.69 Å². The van der Waals surface area contributed by atoms with Crippen molar-refractivity contribution in [2.45, 2.75) is 6.92 Å². The fraction of sp³-hybridized carbons (Fsp3) is 0.125. The van der Waals surface area contributed by atoms with Crippen molar-refractivity contribution < 1.29 is 9.53 Å². The van der Waals surface area contributed by atoms with Crippen LogP contribution in [0.2, 0.25) is 5.02 Å². The van der Waals surface area contributed by atoms with Gasteiger partial charge in [-0.3, -0.25) is 4.79 Å². The molecule has 3 rings (SSSR count). The lowest BCUT2D eigenvalue weighted by Gasteiger charge is -2.12. The Kier molecular flexibility index (Phi) is 4.72. The highest BCUT2D eigenvalue weighted by Crippen LogP contribution is 2.28. The first kappa shape index (κ1) is 15.9. The maximum Gasteiger partial charge on any atom is 0.255 e. The number of amides is 1. The zero-order chi connectivity index (χ0) is 16.9. The van der Waals surface area contributed by atoms with Gasteiger partial charge in [-0.2, -0.15) is 0 Å². The number of rotatable bonds is 5. The predicted molar refractivity (Wildman–Crippen MR) is 89.7 cm³/mol. The van der Waals surface area contributed by atoms with E-state index < -0.39 is 0 Å². The molecule has 0 aliphatic heterocycles. The van der Waals surface area contributed by atoms with E-state index in [0.29, 0.717) is 28.6 Å². The molecule has 1 amide bonds. The summed E-state index contributed by atoms with van der Waals surface area (Å²) in [6.45, 7) is 2.36. The Balaban J connectivity index is 1.79. The number of carbonyl (C=O) groups excluding carboxylic acids is 1. The Morgan fingerprint density at radius 3 is 2.71 bits per heavy atom. The Hall–Kier alpha value is -2.93. The van der Waals surface area contributed by atoms with Crippen LogP contribution in [0.5, 0.6) is 5.75 Å². The molecule has 0 atom stereocenters. The van der Waals surface area contributed by atoms with Crippen LogP contribution in [0.3, 0.4) is 0 Å². The topological polar surface area (TPSA) is 81.9 Å². The van der Waals surface area contributed by atoms with Crippen molar-refractivity contribution in [3.05, 3.63) is 59.4 Å². The summed E-state index contributed by atoms with van der Waals surface area (Å²) in [4.78, 5) is 12.4. The average molecular weight is 344 g/mol. The lowest BCUT2D eigenvalue weighted by molar-refractivity contribution is 0.102. The molecule has 0 saturated carbocycles. The summed E-state index contributed by atoms with van der Waals surface area (Å²) in [5.74, 6) is 0.307. The Bertz CT molecular complexity index is 834. The van der Waals surface area contributed by atoms with Gasteiger partial charge in [-0.25, -0.2) is 4.68 Å². The van der Waals surface area contributed by atoms with Crippen molar-refractivity contribution in [2.24, 2.45) is 0 Å². The third-order valence-electron chi connectivity index (χ3n) is 3.23. The summed E-state index contributed by atoms with van der Waals surface area (Å²) >= 11 is 6.00. The second kappa shape index (κ2) is 7.10. The number of ether oxygens (including phenoxy) is 1. The van der Waals surface area contributed by atoms with Crippen LogP contribution in [0.15, 0.2) is 48.8 Å². The quantitative estimate of drug-likeness (QED) is 0.770. The van der Waals surface area contributed by atoms with Gasteiger partial charge in [0.15, 0.2) is 0 Å². The van der Waals surface area contributed by atoms with E-state index in [-0.39, 0.29) is 5.91 Å². The minimum atomic E-state index is -0.263. The lowest BCUT2D eigenvalue weighted by Crippen LogP contribution is -2.13. The molecule has 1 aromatic heterocycles. The summed E-state index contributed by atoms with van der Waals surface area (Å²) in [7, 11) is 0. The Morgan fingerprint density at radius 2 is 2.04 bits per heavy atom. The molecule has 0 unspecified atom stereocenters. The second-order valence-electron chi connectivity index (χ2n) is 4.83. The standard InChI is InChI=1S/C16H14ClN5O2/c1-2-24-15-8-5-12(17)9-14(15)19-16(23)11-3-6-13(7-4-11)22-10-18-20-21-22/h3-10H,2H2,1H3,(H,19,23). The maximum atomic E-state index is 12.4. The van der Waals surface area contributed by atoms with Crippen molar-refractivity contribution >= 4 is 23.2 Å². The summed E-state index contributed by atoms with van der Waals surface area (Å²) in [6, 6.07) is 12.0. The molecule has 3 aromatic rings. The number of tetrazole rings is 1. The molecule has 0 saturated heterocycles. The summed E-state index contributed by atoms with van der Waals surface area (Å²) < 4.78 is 7.00. The number of benzene rings is 2. The maximum absolute atomic E-state index is 12.4. The minimum Gasteiger partial charge on any atom is -0.492 e. The zero-order valence-corrected chi connectivity index (χ0v) is 13.6. The number of nitrogens with zero attached hydrogens (tertiary/aromatic N) is 4. The molecule has 8 heteroatoms. The first-order chi connectivity index (χ1) is 11.7. The highest BCUT2D eigenvalue weighted by molar-refractivity contribution is 6.31. The highest BCUT2D eigenvalue weighted by Gasteiger charge is 2.11. The van der Waals surface area contributed by atoms with Crippen LogP contribution in [0.4, 0.5) is 5.69 Å². The van der Waals surface area contributed by atoms with E-state index in [0.717, 1.165) is 5.69 Å². The van der Waals surface area contributed by atoms with Crippen LogP contribution >= 0.6 is 11.6 Å². The molecule has 0 aliphatic carbocycles. The molecular formula is C16H14ClN5O2. The van der Waals surface area contributed by atoms with Gasteiger partial charge >= 0.3 is 0 Å². The van der Waals surface area contributed by atoms with Crippen molar-refractivity contribution in [1.29, 1.82) is 0 Å². The second-order valence-corrected chi connectivity index (χ2v) is 5.27. The van der Waals surface area contributed by atoms with Crippen molar-refractivity contribution in [2.75, 3.05) is 11.9 Å². The number of anilines is 1. The molecule has 2 aromatic carbocycles. The molecule has 0 spiro atoms. The van der Waals surface area contributed by atoms with Crippen LogP contribution < -0.4 is 10.1 Å². The van der Waals surface area contributed by atoms with E-state index in [1.54, 1.807) is 42.5 Å². The van der Waals surface area contributed by atoms with E-state index in [1.165, 1.54) is 11.0 Å². The van der Waals surface area contributed by atoms with Gasteiger partial charge in [-0.15, -0.1) is 5.10 Å². The first-order valence-electron chi connectivity index (χ1n) is 7.24. The molecule has 0 bridgehead atoms. The summed E-state index contributed by atoms with van der Waals surface area (Å²) in [5, 5.41) is 14.3. The smallest absolute Gasteiger partial charge is 0.255 e. The molecule has 24 heavy (non-hydrogen) atoms. The number of aromatic nitrogens is 4. The molecule has 0 aliphatic rings. The Morgan fingerprint density at radius 1 is 1.25 bits per heavy atom. The van der Waals surface area contributed by atoms with Crippen LogP contribution in [-0.4, -0.2) is 32.7 Å². The zero-order valence-electron chi connectivity index (χ0n) is 12.8. The van der Waals surface area contributed by atoms with E-state index in [1.807, 2.05) is 6.92 Å². The van der Waals surface area contributed by atoms with Gasteiger partial charge in [0.25, 0.3) is 5.91 Å². The molecular weight excluding hydrogens is 330 g/mol. The highest BCUT2D eigenvalue weighted by atomic mass is 35.5. The molecule has 122 valence electrons. The minimum absolute atomic E-state index is 0.263. The summed E-state index contributed by atoms with van der Waals surface area (Å²) in [6.07, 6.45) is 1.48. The van der Waals surface area contributed by atoms with E-state index in [9.17, 15) is 4.79 Å². The van der Waals surface area contributed by atoms with Crippen LogP contribution in [0, 0.1) is 0 Å². The SMILES string of the molecule is CCOc1ccc(Cl)cc1NC(=O)c1ccc(-n2cnnn2)cc1. The Labute approximate surface area is 143 Å². The van der Waals surface area contributed by atoms with Gasteiger partial charge in [-0.1, -0.05) is 11.6 Å². The molecule has 0 fully saturated rings. The molecule has 1 N–H and O–H groups in total. The summed E-state index contributed by atoms with van der Waals surface area (Å²) in [5.41, 5.74) is 1.78. The third-order valence-corrected chi connectivity index (χ3v) is 3.47. The fourth-order valence-corrected chi connectivity index (χ4v) is 2.29.